The number of nitrogens with zero attached hydrogens (tertiary/aromatic N) is 4. The molecule has 1 saturated carbocycles. The van der Waals surface area contributed by atoms with Crippen LogP contribution in [0.2, 0.25) is 0 Å². The fraction of sp³-hybridized carbons (Fsp3) is 0.278. The van der Waals surface area contributed by atoms with Gasteiger partial charge >= 0.3 is 0 Å². The number of benzene rings is 1. The highest BCUT2D eigenvalue weighted by atomic mass is 15.1. The summed E-state index contributed by atoms with van der Waals surface area (Å²) in [7, 11) is 0. The molecule has 1 fully saturated rings. The molecule has 2 heterocycles. The minimum Gasteiger partial charge on any atom is -0.324 e. The standard InChI is InChI=1S/C18H16N4/c19-11-14-5-6-16-17(10-14)22(9-7-13-3-4-13)18(21-16)15-2-1-8-20-12-15/h1-2,5-6,8,10,12-13H,3-4,7,9H2. The van der Waals surface area contributed by atoms with Gasteiger partial charge in [-0.15, -0.1) is 0 Å². The largest absolute Gasteiger partial charge is 0.324 e. The van der Waals surface area contributed by atoms with Crippen molar-refractivity contribution in [2.45, 2.75) is 25.8 Å². The molecule has 0 aliphatic heterocycles. The van der Waals surface area contributed by atoms with Crippen LogP contribution in [-0.2, 0) is 6.54 Å². The monoisotopic (exact) mass is 288 g/mol. The van der Waals surface area contributed by atoms with Gasteiger partial charge in [-0.1, -0.05) is 12.8 Å². The summed E-state index contributed by atoms with van der Waals surface area (Å²) in [5.41, 5.74) is 3.68. The van der Waals surface area contributed by atoms with Crippen LogP contribution in [0.25, 0.3) is 22.4 Å². The molecule has 4 nitrogen and oxygen atoms in total. The van der Waals surface area contributed by atoms with Crippen molar-refractivity contribution in [2.75, 3.05) is 0 Å². The van der Waals surface area contributed by atoms with Crippen LogP contribution in [-0.4, -0.2) is 14.5 Å². The lowest BCUT2D eigenvalue weighted by atomic mass is 10.2. The van der Waals surface area contributed by atoms with Crippen molar-refractivity contribution in [3.63, 3.8) is 0 Å². The second-order valence-electron chi connectivity index (χ2n) is 5.88. The molecule has 2 aromatic heterocycles. The average Bonchev–Trinajstić information content (AvgIpc) is 3.33. The Kier molecular flexibility index (Phi) is 3.12. The Morgan fingerprint density at radius 1 is 1.27 bits per heavy atom. The number of imidazole rings is 1. The van der Waals surface area contributed by atoms with E-state index in [1.54, 1.807) is 6.20 Å². The van der Waals surface area contributed by atoms with E-state index in [0.717, 1.165) is 34.9 Å². The van der Waals surface area contributed by atoms with Crippen LogP contribution >= 0.6 is 0 Å². The summed E-state index contributed by atoms with van der Waals surface area (Å²) in [4.78, 5) is 8.98. The lowest BCUT2D eigenvalue weighted by Crippen LogP contribution is -2.02. The molecule has 0 atom stereocenters. The number of rotatable bonds is 4. The van der Waals surface area contributed by atoms with Crippen LogP contribution < -0.4 is 0 Å². The first-order valence-corrected chi connectivity index (χ1v) is 7.66. The maximum absolute atomic E-state index is 9.15. The zero-order valence-corrected chi connectivity index (χ0v) is 12.2. The maximum Gasteiger partial charge on any atom is 0.142 e. The van der Waals surface area contributed by atoms with Crippen molar-refractivity contribution in [1.82, 2.24) is 14.5 Å². The number of pyridine rings is 1. The minimum absolute atomic E-state index is 0.679. The first-order chi connectivity index (χ1) is 10.8. The highest BCUT2D eigenvalue weighted by molar-refractivity contribution is 5.81. The smallest absolute Gasteiger partial charge is 0.142 e. The number of nitriles is 1. The number of fused-ring (bicyclic) bond motifs is 1. The molecule has 3 aromatic rings. The van der Waals surface area contributed by atoms with E-state index in [2.05, 4.69) is 15.6 Å². The summed E-state index contributed by atoms with van der Waals surface area (Å²) in [6, 6.07) is 11.9. The summed E-state index contributed by atoms with van der Waals surface area (Å²) < 4.78 is 2.24. The van der Waals surface area contributed by atoms with Crippen LogP contribution in [0.15, 0.2) is 42.7 Å². The summed E-state index contributed by atoms with van der Waals surface area (Å²) in [6.45, 7) is 0.945. The Hall–Kier alpha value is -2.67. The van der Waals surface area contributed by atoms with Crippen molar-refractivity contribution in [3.05, 3.63) is 48.3 Å². The van der Waals surface area contributed by atoms with Crippen LogP contribution in [0.1, 0.15) is 24.8 Å². The van der Waals surface area contributed by atoms with Gasteiger partial charge in [-0.25, -0.2) is 4.98 Å². The normalized spacial score (nSPS) is 14.1. The molecule has 1 aromatic carbocycles. The lowest BCUT2D eigenvalue weighted by Gasteiger charge is -2.08. The second-order valence-corrected chi connectivity index (χ2v) is 5.88. The Morgan fingerprint density at radius 2 is 2.18 bits per heavy atom. The van der Waals surface area contributed by atoms with Crippen molar-refractivity contribution in [2.24, 2.45) is 5.92 Å². The Morgan fingerprint density at radius 3 is 2.91 bits per heavy atom. The molecule has 1 aliphatic carbocycles. The molecule has 108 valence electrons. The Balaban J connectivity index is 1.86. The van der Waals surface area contributed by atoms with Crippen LogP contribution in [0.5, 0.6) is 0 Å². The SMILES string of the molecule is N#Cc1ccc2nc(-c3cccnc3)n(CCC3CC3)c2c1. The van der Waals surface area contributed by atoms with E-state index in [1.165, 1.54) is 19.3 Å². The van der Waals surface area contributed by atoms with Crippen molar-refractivity contribution in [3.8, 4) is 17.5 Å². The predicted molar refractivity (Wildman–Crippen MR) is 85.0 cm³/mol. The molecule has 0 unspecified atom stereocenters. The molecule has 4 rings (SSSR count). The summed E-state index contributed by atoms with van der Waals surface area (Å²) in [5, 5.41) is 9.15. The van der Waals surface area contributed by atoms with E-state index in [4.69, 9.17) is 10.2 Å². The molecule has 0 spiro atoms. The first kappa shape index (κ1) is 13.0. The van der Waals surface area contributed by atoms with Gasteiger partial charge in [0, 0.05) is 24.5 Å². The van der Waals surface area contributed by atoms with E-state index in [1.807, 2.05) is 36.5 Å². The summed E-state index contributed by atoms with van der Waals surface area (Å²) in [6.07, 6.45) is 7.49. The van der Waals surface area contributed by atoms with E-state index < -0.39 is 0 Å². The molecule has 0 N–H and O–H groups in total. The highest BCUT2D eigenvalue weighted by Gasteiger charge is 2.22. The van der Waals surface area contributed by atoms with Gasteiger partial charge in [0.15, 0.2) is 0 Å². The van der Waals surface area contributed by atoms with E-state index in [9.17, 15) is 0 Å². The first-order valence-electron chi connectivity index (χ1n) is 7.66. The second kappa shape index (κ2) is 5.27. The summed E-state index contributed by atoms with van der Waals surface area (Å²) in [5.74, 6) is 1.80. The topological polar surface area (TPSA) is 54.5 Å². The van der Waals surface area contributed by atoms with E-state index >= 15 is 0 Å². The third-order valence-corrected chi connectivity index (χ3v) is 4.25. The third-order valence-electron chi connectivity index (χ3n) is 4.25. The predicted octanol–water partition coefficient (Wildman–Crippen LogP) is 3.77. The average molecular weight is 288 g/mol. The maximum atomic E-state index is 9.15. The van der Waals surface area contributed by atoms with Gasteiger partial charge in [0.1, 0.15) is 5.82 Å². The zero-order chi connectivity index (χ0) is 14.9. The van der Waals surface area contributed by atoms with Gasteiger partial charge in [-0.05, 0) is 42.7 Å². The van der Waals surface area contributed by atoms with Crippen molar-refractivity contribution >= 4 is 11.0 Å². The van der Waals surface area contributed by atoms with Gasteiger partial charge in [0.05, 0.1) is 22.7 Å². The minimum atomic E-state index is 0.679. The molecule has 0 saturated heterocycles. The van der Waals surface area contributed by atoms with E-state index in [0.29, 0.717) is 5.56 Å². The molecule has 1 aliphatic rings. The van der Waals surface area contributed by atoms with Gasteiger partial charge < -0.3 is 4.57 Å². The third kappa shape index (κ3) is 2.35. The van der Waals surface area contributed by atoms with Crippen LogP contribution in [0, 0.1) is 17.2 Å². The number of aromatic nitrogens is 3. The molecule has 4 heteroatoms. The number of hydrogen-bond acceptors (Lipinski definition) is 3. The Bertz CT molecular complexity index is 854. The van der Waals surface area contributed by atoms with Gasteiger partial charge in [-0.3, -0.25) is 4.98 Å². The Labute approximate surface area is 129 Å². The fourth-order valence-corrected chi connectivity index (χ4v) is 2.85. The van der Waals surface area contributed by atoms with Crippen LogP contribution in [0.4, 0.5) is 0 Å². The molecule has 0 amide bonds. The van der Waals surface area contributed by atoms with Gasteiger partial charge in [0.2, 0.25) is 0 Å². The fourth-order valence-electron chi connectivity index (χ4n) is 2.85. The molecular formula is C18H16N4. The van der Waals surface area contributed by atoms with Crippen molar-refractivity contribution in [1.29, 1.82) is 5.26 Å². The number of aryl methyl sites for hydroxylation is 1. The van der Waals surface area contributed by atoms with Gasteiger partial charge in [-0.2, -0.15) is 5.26 Å². The number of hydrogen-bond donors (Lipinski definition) is 0. The molecular weight excluding hydrogens is 272 g/mol. The molecule has 22 heavy (non-hydrogen) atoms. The quantitative estimate of drug-likeness (QED) is 0.734. The summed E-state index contributed by atoms with van der Waals surface area (Å²) >= 11 is 0. The van der Waals surface area contributed by atoms with E-state index in [-0.39, 0.29) is 0 Å². The van der Waals surface area contributed by atoms with Crippen molar-refractivity contribution < 1.29 is 0 Å². The highest BCUT2D eigenvalue weighted by Crippen LogP contribution is 2.34. The molecule has 0 radical (unpaired) electrons. The zero-order valence-electron chi connectivity index (χ0n) is 12.2. The lowest BCUT2D eigenvalue weighted by molar-refractivity contribution is 0.612. The van der Waals surface area contributed by atoms with Crippen LogP contribution in [0.3, 0.4) is 0 Å². The molecule has 0 bridgehead atoms. The van der Waals surface area contributed by atoms with Gasteiger partial charge in [0.25, 0.3) is 0 Å².